The molecular weight excluding hydrogens is 314 g/mol. The van der Waals surface area contributed by atoms with Gasteiger partial charge in [0.2, 0.25) is 5.91 Å². The Morgan fingerprint density at radius 1 is 1.32 bits per heavy atom. The molecule has 1 aromatic carbocycles. The number of nitrogens with one attached hydrogen (secondary N) is 1. The van der Waals surface area contributed by atoms with Crippen molar-refractivity contribution in [1.29, 1.82) is 0 Å². The molecule has 0 aliphatic carbocycles. The van der Waals surface area contributed by atoms with Crippen LogP contribution >= 0.6 is 0 Å². The van der Waals surface area contributed by atoms with Crippen LogP contribution in [0.5, 0.6) is 0 Å². The Morgan fingerprint density at radius 2 is 2.12 bits per heavy atom. The molecule has 1 aromatic heterocycles. The molecule has 1 atom stereocenters. The van der Waals surface area contributed by atoms with Crippen molar-refractivity contribution >= 4 is 5.91 Å². The topological polar surface area (TPSA) is 58.2 Å². The van der Waals surface area contributed by atoms with Crippen LogP contribution in [0.3, 0.4) is 0 Å². The van der Waals surface area contributed by atoms with E-state index in [1.54, 1.807) is 0 Å². The molecular formula is C20H27N3O2. The van der Waals surface area contributed by atoms with Gasteiger partial charge in [-0.1, -0.05) is 24.3 Å². The summed E-state index contributed by atoms with van der Waals surface area (Å²) in [6.07, 6.45) is 2.64. The molecule has 25 heavy (non-hydrogen) atoms. The lowest BCUT2D eigenvalue weighted by atomic mass is 10.1. The Balaban J connectivity index is 1.77. The third-order valence-corrected chi connectivity index (χ3v) is 5.03. The van der Waals surface area contributed by atoms with Crippen molar-refractivity contribution in [3.8, 4) is 0 Å². The molecule has 0 unspecified atom stereocenters. The number of aromatic nitrogens is 2. The highest BCUT2D eigenvalue weighted by Crippen LogP contribution is 2.19. The molecule has 0 bridgehead atoms. The third-order valence-electron chi connectivity index (χ3n) is 5.03. The number of rotatable bonds is 6. The number of nitrogens with zero attached hydrogens (tertiary/aromatic N) is 2. The molecule has 2 heterocycles. The maximum absolute atomic E-state index is 13.0. The number of amides is 1. The summed E-state index contributed by atoms with van der Waals surface area (Å²) in [6.45, 7) is 8.09. The normalized spacial score (nSPS) is 17.0. The Hall–Kier alpha value is -2.14. The molecule has 0 radical (unpaired) electrons. The Morgan fingerprint density at radius 3 is 2.76 bits per heavy atom. The van der Waals surface area contributed by atoms with E-state index in [0.717, 1.165) is 36.4 Å². The van der Waals surface area contributed by atoms with Crippen molar-refractivity contribution in [2.24, 2.45) is 0 Å². The zero-order chi connectivity index (χ0) is 17.8. The monoisotopic (exact) mass is 341 g/mol. The summed E-state index contributed by atoms with van der Waals surface area (Å²) in [6, 6.07) is 8.25. The van der Waals surface area contributed by atoms with Crippen molar-refractivity contribution in [3.05, 3.63) is 52.3 Å². The van der Waals surface area contributed by atoms with E-state index in [1.165, 1.54) is 11.1 Å². The van der Waals surface area contributed by atoms with Gasteiger partial charge in [0.1, 0.15) is 0 Å². The predicted octanol–water partition coefficient (Wildman–Crippen LogP) is 3.09. The molecule has 1 N–H and O–H groups in total. The number of aryl methyl sites for hydroxylation is 3. The molecule has 1 aliphatic heterocycles. The van der Waals surface area contributed by atoms with Gasteiger partial charge in [0, 0.05) is 31.0 Å². The Labute approximate surface area is 149 Å². The van der Waals surface area contributed by atoms with Gasteiger partial charge in [-0.15, -0.1) is 0 Å². The lowest BCUT2D eigenvalue weighted by molar-refractivity contribution is -0.132. The highest BCUT2D eigenvalue weighted by molar-refractivity contribution is 5.79. The van der Waals surface area contributed by atoms with Gasteiger partial charge < -0.3 is 9.64 Å². The van der Waals surface area contributed by atoms with Crippen LogP contribution in [0.25, 0.3) is 0 Å². The van der Waals surface area contributed by atoms with Crippen LogP contribution in [0.1, 0.15) is 40.9 Å². The SMILES string of the molecule is Cc1ccccc1CN(C[C@H]1CCCO1)C(=O)Cc1c(C)n[nH]c1C. The summed E-state index contributed by atoms with van der Waals surface area (Å²) in [4.78, 5) is 15.0. The lowest BCUT2D eigenvalue weighted by Crippen LogP contribution is -2.38. The largest absolute Gasteiger partial charge is 0.376 e. The van der Waals surface area contributed by atoms with E-state index >= 15 is 0 Å². The van der Waals surface area contributed by atoms with E-state index in [4.69, 9.17) is 4.74 Å². The molecule has 2 aromatic rings. The molecule has 0 saturated carbocycles. The average Bonchev–Trinajstić information content (AvgIpc) is 3.21. The Kier molecular flexibility index (Phi) is 5.53. The van der Waals surface area contributed by atoms with Crippen molar-refractivity contribution in [1.82, 2.24) is 15.1 Å². The van der Waals surface area contributed by atoms with Crippen LogP contribution in [0.2, 0.25) is 0 Å². The quantitative estimate of drug-likeness (QED) is 0.878. The van der Waals surface area contributed by atoms with Crippen molar-refractivity contribution in [3.63, 3.8) is 0 Å². The van der Waals surface area contributed by atoms with Crippen molar-refractivity contribution in [2.45, 2.75) is 52.7 Å². The standard InChI is InChI=1S/C20H27N3O2/c1-14-7-4-5-8-17(14)12-23(13-18-9-6-10-25-18)20(24)11-19-15(2)21-22-16(19)3/h4-5,7-8,18H,6,9-13H2,1-3H3,(H,21,22)/t18-/m1/s1. The van der Waals surface area contributed by atoms with E-state index in [0.29, 0.717) is 19.5 Å². The molecule has 134 valence electrons. The van der Waals surface area contributed by atoms with Gasteiger partial charge in [0.15, 0.2) is 0 Å². The van der Waals surface area contributed by atoms with Crippen molar-refractivity contribution in [2.75, 3.05) is 13.2 Å². The minimum Gasteiger partial charge on any atom is -0.376 e. The number of H-pyrrole nitrogens is 1. The first kappa shape index (κ1) is 17.7. The minimum absolute atomic E-state index is 0.131. The highest BCUT2D eigenvalue weighted by Gasteiger charge is 2.24. The second-order valence-electron chi connectivity index (χ2n) is 6.93. The third kappa shape index (κ3) is 4.28. The fourth-order valence-corrected chi connectivity index (χ4v) is 3.38. The first-order valence-corrected chi connectivity index (χ1v) is 8.99. The van der Waals surface area contributed by atoms with E-state index in [-0.39, 0.29) is 12.0 Å². The van der Waals surface area contributed by atoms with Crippen molar-refractivity contribution < 1.29 is 9.53 Å². The van der Waals surface area contributed by atoms with Gasteiger partial charge in [0.05, 0.1) is 18.2 Å². The summed E-state index contributed by atoms with van der Waals surface area (Å²) in [5.41, 5.74) is 5.28. The van der Waals surface area contributed by atoms with Gasteiger partial charge in [-0.3, -0.25) is 9.89 Å². The van der Waals surface area contributed by atoms with Crippen LogP contribution in [0.15, 0.2) is 24.3 Å². The van der Waals surface area contributed by atoms with E-state index < -0.39 is 0 Å². The smallest absolute Gasteiger partial charge is 0.227 e. The fourth-order valence-electron chi connectivity index (χ4n) is 3.38. The van der Waals surface area contributed by atoms with E-state index in [1.807, 2.05) is 30.9 Å². The second-order valence-corrected chi connectivity index (χ2v) is 6.93. The van der Waals surface area contributed by atoms with Crippen LogP contribution < -0.4 is 0 Å². The maximum atomic E-state index is 13.0. The summed E-state index contributed by atoms with van der Waals surface area (Å²) in [5.74, 6) is 0.131. The molecule has 5 heteroatoms. The second kappa shape index (κ2) is 7.83. The predicted molar refractivity (Wildman–Crippen MR) is 97.3 cm³/mol. The molecule has 5 nitrogen and oxygen atoms in total. The summed E-state index contributed by atoms with van der Waals surface area (Å²) in [7, 11) is 0. The first-order chi connectivity index (χ1) is 12.0. The fraction of sp³-hybridized carbons (Fsp3) is 0.500. The van der Waals surface area contributed by atoms with Crippen LogP contribution in [0, 0.1) is 20.8 Å². The molecule has 1 fully saturated rings. The average molecular weight is 341 g/mol. The zero-order valence-corrected chi connectivity index (χ0v) is 15.3. The van der Waals surface area contributed by atoms with Gasteiger partial charge in [-0.25, -0.2) is 0 Å². The minimum atomic E-state index is 0.131. The van der Waals surface area contributed by atoms with Gasteiger partial charge in [0.25, 0.3) is 0 Å². The number of carbonyl (C=O) groups is 1. The summed E-state index contributed by atoms with van der Waals surface area (Å²) in [5, 5.41) is 7.18. The number of hydrogen-bond donors (Lipinski definition) is 1. The number of ether oxygens (including phenoxy) is 1. The number of benzene rings is 1. The van der Waals surface area contributed by atoms with Crippen LogP contribution in [0.4, 0.5) is 0 Å². The van der Waals surface area contributed by atoms with Crippen LogP contribution in [-0.4, -0.2) is 40.3 Å². The van der Waals surface area contributed by atoms with Gasteiger partial charge in [-0.05, 0) is 44.7 Å². The van der Waals surface area contributed by atoms with Gasteiger partial charge >= 0.3 is 0 Å². The molecule has 0 spiro atoms. The maximum Gasteiger partial charge on any atom is 0.227 e. The number of aromatic amines is 1. The molecule has 1 saturated heterocycles. The summed E-state index contributed by atoms with van der Waals surface area (Å²) >= 11 is 0. The lowest BCUT2D eigenvalue weighted by Gasteiger charge is -2.26. The highest BCUT2D eigenvalue weighted by atomic mass is 16.5. The summed E-state index contributed by atoms with van der Waals surface area (Å²) < 4.78 is 5.77. The zero-order valence-electron chi connectivity index (χ0n) is 15.3. The van der Waals surface area contributed by atoms with Crippen LogP contribution in [-0.2, 0) is 22.5 Å². The molecule has 1 amide bonds. The number of carbonyl (C=O) groups excluding carboxylic acids is 1. The molecule has 3 rings (SSSR count). The van der Waals surface area contributed by atoms with E-state index in [9.17, 15) is 4.79 Å². The Bertz CT molecular complexity index is 713. The van der Waals surface area contributed by atoms with E-state index in [2.05, 4.69) is 29.3 Å². The molecule has 1 aliphatic rings. The first-order valence-electron chi connectivity index (χ1n) is 8.99. The van der Waals surface area contributed by atoms with Gasteiger partial charge in [-0.2, -0.15) is 5.10 Å². The number of hydrogen-bond acceptors (Lipinski definition) is 3.